The Morgan fingerprint density at radius 1 is 1.32 bits per heavy atom. The molecule has 0 aromatic heterocycles. The maximum Gasteiger partial charge on any atom is 0.155 e. The van der Waals surface area contributed by atoms with E-state index in [1.165, 1.54) is 19.3 Å². The van der Waals surface area contributed by atoms with E-state index in [9.17, 15) is 0 Å². The van der Waals surface area contributed by atoms with Crippen LogP contribution in [0.2, 0.25) is 0 Å². The molecule has 1 aliphatic heterocycles. The highest BCUT2D eigenvalue weighted by molar-refractivity contribution is 6.20. The zero-order valence-corrected chi connectivity index (χ0v) is 11.6. The monoisotopic (exact) mass is 259 g/mol. The molecular formula is C15H21N3O. The first-order chi connectivity index (χ1) is 9.11. The molecule has 102 valence electrons. The molecule has 0 saturated carbocycles. The van der Waals surface area contributed by atoms with E-state index in [1.54, 1.807) is 0 Å². The van der Waals surface area contributed by atoms with Crippen LogP contribution in [-0.2, 0) is 0 Å². The Hall–Kier alpha value is -1.84. The number of amidine groups is 2. The van der Waals surface area contributed by atoms with Crippen molar-refractivity contribution in [3.05, 3.63) is 29.3 Å². The second-order valence-electron chi connectivity index (χ2n) is 4.98. The molecule has 0 radical (unpaired) electrons. The standard InChI is InChI=1S/C15H21N3O/c1-3-4-5-6-10(2)19-11-7-8-12-13(9-11)15(17)18-14(12)16/h7-10H,3-6H2,1-2H3,(H3,16,17,18). The molecule has 0 aliphatic carbocycles. The summed E-state index contributed by atoms with van der Waals surface area (Å²) in [5.74, 6) is 1.43. The lowest BCUT2D eigenvalue weighted by molar-refractivity contribution is 0.206. The summed E-state index contributed by atoms with van der Waals surface area (Å²) in [4.78, 5) is 3.96. The lowest BCUT2D eigenvalue weighted by Gasteiger charge is -2.15. The predicted molar refractivity (Wildman–Crippen MR) is 78.2 cm³/mol. The fraction of sp³-hybridized carbons (Fsp3) is 0.467. The molecule has 1 aromatic rings. The average Bonchev–Trinajstić information content (AvgIpc) is 2.65. The Labute approximate surface area is 114 Å². The van der Waals surface area contributed by atoms with Gasteiger partial charge in [0.2, 0.25) is 0 Å². The van der Waals surface area contributed by atoms with Crippen molar-refractivity contribution in [2.45, 2.75) is 45.6 Å². The highest BCUT2D eigenvalue weighted by atomic mass is 16.5. The first-order valence-corrected chi connectivity index (χ1v) is 6.86. The lowest BCUT2D eigenvalue weighted by atomic mass is 10.1. The Balaban J connectivity index is 2.00. The Morgan fingerprint density at radius 2 is 2.11 bits per heavy atom. The van der Waals surface area contributed by atoms with Crippen LogP contribution in [0.25, 0.3) is 0 Å². The van der Waals surface area contributed by atoms with Crippen LogP contribution in [0.4, 0.5) is 0 Å². The first-order valence-electron chi connectivity index (χ1n) is 6.86. The zero-order chi connectivity index (χ0) is 13.8. The smallest absolute Gasteiger partial charge is 0.155 e. The number of hydrogen-bond acceptors (Lipinski definition) is 3. The lowest BCUT2D eigenvalue weighted by Crippen LogP contribution is -2.13. The van der Waals surface area contributed by atoms with E-state index >= 15 is 0 Å². The molecule has 0 spiro atoms. The van der Waals surface area contributed by atoms with Gasteiger partial charge in [-0.2, -0.15) is 0 Å². The number of benzene rings is 1. The number of ether oxygens (including phenoxy) is 1. The molecule has 2 rings (SSSR count). The van der Waals surface area contributed by atoms with E-state index in [-0.39, 0.29) is 11.9 Å². The van der Waals surface area contributed by atoms with E-state index in [0.29, 0.717) is 5.84 Å². The van der Waals surface area contributed by atoms with Crippen LogP contribution in [0.15, 0.2) is 23.2 Å². The van der Waals surface area contributed by atoms with Gasteiger partial charge in [-0.15, -0.1) is 0 Å². The fourth-order valence-electron chi connectivity index (χ4n) is 2.23. The molecule has 0 saturated heterocycles. The maximum absolute atomic E-state index is 7.75. The van der Waals surface area contributed by atoms with Gasteiger partial charge in [0.1, 0.15) is 11.6 Å². The Bertz CT molecular complexity index is 508. The van der Waals surface area contributed by atoms with Gasteiger partial charge in [0, 0.05) is 11.1 Å². The van der Waals surface area contributed by atoms with Crippen LogP contribution in [0.3, 0.4) is 0 Å². The topological polar surface area (TPSA) is 71.5 Å². The highest BCUT2D eigenvalue weighted by Crippen LogP contribution is 2.24. The van der Waals surface area contributed by atoms with Crippen LogP contribution in [0, 0.1) is 5.41 Å². The van der Waals surface area contributed by atoms with Crippen LogP contribution < -0.4 is 10.5 Å². The SMILES string of the molecule is CCCCCC(C)Oc1ccc2c(c1)C(=N)N=C2N. The molecule has 0 bridgehead atoms. The number of unbranched alkanes of at least 4 members (excludes halogenated alkanes) is 2. The third-order valence-corrected chi connectivity index (χ3v) is 3.31. The number of hydrogen-bond donors (Lipinski definition) is 2. The van der Waals surface area contributed by atoms with E-state index < -0.39 is 0 Å². The minimum Gasteiger partial charge on any atom is -0.491 e. The van der Waals surface area contributed by atoms with Crippen molar-refractivity contribution in [3.8, 4) is 5.75 Å². The van der Waals surface area contributed by atoms with Crippen LogP contribution >= 0.6 is 0 Å². The second-order valence-corrected chi connectivity index (χ2v) is 4.98. The van der Waals surface area contributed by atoms with Gasteiger partial charge >= 0.3 is 0 Å². The van der Waals surface area contributed by atoms with Gasteiger partial charge in [-0.1, -0.05) is 19.8 Å². The summed E-state index contributed by atoms with van der Waals surface area (Å²) in [7, 11) is 0. The summed E-state index contributed by atoms with van der Waals surface area (Å²) < 4.78 is 5.88. The van der Waals surface area contributed by atoms with Gasteiger partial charge in [-0.3, -0.25) is 5.41 Å². The minimum atomic E-state index is 0.193. The molecule has 1 aromatic carbocycles. The van der Waals surface area contributed by atoms with Crippen LogP contribution in [0.5, 0.6) is 5.75 Å². The van der Waals surface area contributed by atoms with E-state index in [1.807, 2.05) is 18.2 Å². The summed E-state index contributed by atoms with van der Waals surface area (Å²) in [5, 5.41) is 7.75. The summed E-state index contributed by atoms with van der Waals surface area (Å²) in [6, 6.07) is 5.64. The van der Waals surface area contributed by atoms with E-state index in [2.05, 4.69) is 18.8 Å². The molecule has 4 nitrogen and oxygen atoms in total. The quantitative estimate of drug-likeness (QED) is 0.771. The highest BCUT2D eigenvalue weighted by Gasteiger charge is 2.19. The summed E-state index contributed by atoms with van der Waals surface area (Å²) >= 11 is 0. The van der Waals surface area contributed by atoms with Crippen molar-refractivity contribution in [3.63, 3.8) is 0 Å². The Morgan fingerprint density at radius 3 is 2.84 bits per heavy atom. The molecule has 19 heavy (non-hydrogen) atoms. The summed E-state index contributed by atoms with van der Waals surface area (Å²) in [5.41, 5.74) is 7.33. The van der Waals surface area contributed by atoms with Crippen molar-refractivity contribution in [2.24, 2.45) is 10.7 Å². The molecule has 3 N–H and O–H groups in total. The van der Waals surface area contributed by atoms with Gasteiger partial charge < -0.3 is 10.5 Å². The van der Waals surface area contributed by atoms with Crippen molar-refractivity contribution in [1.29, 1.82) is 5.41 Å². The third kappa shape index (κ3) is 3.13. The number of nitrogens with one attached hydrogen (secondary N) is 1. The first kappa shape index (κ1) is 13.6. The zero-order valence-electron chi connectivity index (χ0n) is 11.6. The van der Waals surface area contributed by atoms with Gasteiger partial charge in [-0.25, -0.2) is 4.99 Å². The molecule has 1 unspecified atom stereocenters. The molecule has 4 heteroatoms. The van der Waals surface area contributed by atoms with Crippen molar-refractivity contribution >= 4 is 11.7 Å². The van der Waals surface area contributed by atoms with Crippen molar-refractivity contribution in [2.75, 3.05) is 0 Å². The van der Waals surface area contributed by atoms with Crippen molar-refractivity contribution < 1.29 is 4.74 Å². The van der Waals surface area contributed by atoms with Gasteiger partial charge in [0.05, 0.1) is 6.10 Å². The summed E-state index contributed by atoms with van der Waals surface area (Å²) in [6.07, 6.45) is 4.90. The van der Waals surface area contributed by atoms with Crippen LogP contribution in [-0.4, -0.2) is 17.8 Å². The number of aliphatic imine (C=N–C) groups is 1. The van der Waals surface area contributed by atoms with E-state index in [0.717, 1.165) is 23.3 Å². The fourth-order valence-corrected chi connectivity index (χ4v) is 2.23. The molecule has 0 fully saturated rings. The van der Waals surface area contributed by atoms with Gasteiger partial charge in [0.15, 0.2) is 5.84 Å². The number of fused-ring (bicyclic) bond motifs is 1. The average molecular weight is 259 g/mol. The van der Waals surface area contributed by atoms with Gasteiger partial charge in [0.25, 0.3) is 0 Å². The predicted octanol–water partition coefficient (Wildman–Crippen LogP) is 3.08. The normalized spacial score (nSPS) is 15.1. The number of rotatable bonds is 6. The minimum absolute atomic E-state index is 0.193. The molecule has 1 atom stereocenters. The second kappa shape index (κ2) is 5.87. The van der Waals surface area contributed by atoms with Gasteiger partial charge in [-0.05, 0) is 38.0 Å². The van der Waals surface area contributed by atoms with Crippen LogP contribution in [0.1, 0.15) is 50.7 Å². The largest absolute Gasteiger partial charge is 0.491 e. The van der Waals surface area contributed by atoms with Crippen molar-refractivity contribution in [1.82, 2.24) is 0 Å². The number of nitrogens with zero attached hydrogens (tertiary/aromatic N) is 1. The number of nitrogens with two attached hydrogens (primary N) is 1. The van der Waals surface area contributed by atoms with E-state index in [4.69, 9.17) is 15.9 Å². The third-order valence-electron chi connectivity index (χ3n) is 3.31. The molecule has 0 amide bonds. The molecule has 1 aliphatic rings. The Kier molecular flexibility index (Phi) is 4.20. The maximum atomic E-state index is 7.75. The molecular weight excluding hydrogens is 238 g/mol. The molecule has 1 heterocycles. The summed E-state index contributed by atoms with van der Waals surface area (Å²) in [6.45, 7) is 4.28.